The fraction of sp³-hybridized carbons (Fsp3) is 0.333. The molecule has 0 fully saturated rings. The van der Waals surface area contributed by atoms with E-state index in [2.05, 4.69) is 0 Å². The molecule has 0 spiro atoms. The molecule has 0 unspecified atom stereocenters. The van der Waals surface area contributed by atoms with Crippen molar-refractivity contribution in [2.24, 2.45) is 0 Å². The van der Waals surface area contributed by atoms with E-state index in [-0.39, 0.29) is 12.4 Å². The molecule has 0 aliphatic heterocycles. The van der Waals surface area contributed by atoms with Gasteiger partial charge in [-0.15, -0.1) is 0 Å². The number of benzene rings is 1. The van der Waals surface area contributed by atoms with Crippen LogP contribution < -0.4 is 0 Å². The lowest BCUT2D eigenvalue weighted by atomic mass is 10.1. The summed E-state index contributed by atoms with van der Waals surface area (Å²) in [6, 6.07) is 9.66. The van der Waals surface area contributed by atoms with Crippen LogP contribution >= 0.6 is 0 Å². The summed E-state index contributed by atoms with van der Waals surface area (Å²) in [5.74, 6) is -0.321. The lowest BCUT2D eigenvalue weighted by molar-refractivity contribution is -0.141. The van der Waals surface area contributed by atoms with Crippen molar-refractivity contribution in [1.29, 1.82) is 5.41 Å². The first-order valence-corrected chi connectivity index (χ1v) is 4.98. The number of ether oxygens (including phenoxy) is 1. The van der Waals surface area contributed by atoms with Crippen molar-refractivity contribution in [3.63, 3.8) is 0 Å². The third kappa shape index (κ3) is 4.40. The summed E-state index contributed by atoms with van der Waals surface area (Å²) in [5, 5.41) is 7.63. The molecular formula is C12H15NO2. The van der Waals surface area contributed by atoms with Crippen molar-refractivity contribution >= 4 is 11.7 Å². The van der Waals surface area contributed by atoms with Gasteiger partial charge in [-0.25, -0.2) is 0 Å². The van der Waals surface area contributed by atoms with E-state index in [0.29, 0.717) is 18.7 Å². The highest BCUT2D eigenvalue weighted by atomic mass is 16.5. The molecule has 1 aromatic carbocycles. The molecule has 0 amide bonds. The van der Waals surface area contributed by atoms with E-state index < -0.39 is 0 Å². The number of nitrogens with one attached hydrogen (secondary N) is 1. The zero-order chi connectivity index (χ0) is 11.1. The van der Waals surface area contributed by atoms with Crippen molar-refractivity contribution in [3.8, 4) is 0 Å². The molecule has 1 N–H and O–H groups in total. The fourth-order valence-electron chi connectivity index (χ4n) is 1.29. The van der Waals surface area contributed by atoms with Gasteiger partial charge in [-0.2, -0.15) is 0 Å². The van der Waals surface area contributed by atoms with E-state index in [4.69, 9.17) is 10.1 Å². The minimum atomic E-state index is -0.321. The van der Waals surface area contributed by atoms with Gasteiger partial charge in [-0.1, -0.05) is 30.3 Å². The van der Waals surface area contributed by atoms with E-state index in [0.717, 1.165) is 5.56 Å². The maximum absolute atomic E-state index is 11.1. The van der Waals surface area contributed by atoms with Gasteiger partial charge in [0.2, 0.25) is 0 Å². The van der Waals surface area contributed by atoms with Crippen LogP contribution in [0.15, 0.2) is 30.3 Å². The van der Waals surface area contributed by atoms with E-state index in [1.165, 1.54) is 0 Å². The molecule has 0 aromatic heterocycles. The Balaban J connectivity index is 2.40. The van der Waals surface area contributed by atoms with Gasteiger partial charge in [-0.3, -0.25) is 4.79 Å². The van der Waals surface area contributed by atoms with Gasteiger partial charge in [0.15, 0.2) is 0 Å². The van der Waals surface area contributed by atoms with Crippen molar-refractivity contribution in [2.75, 3.05) is 6.61 Å². The first-order valence-electron chi connectivity index (χ1n) is 4.98. The molecule has 3 nitrogen and oxygen atoms in total. The largest absolute Gasteiger partial charge is 0.466 e. The minimum absolute atomic E-state index is 0.0860. The topological polar surface area (TPSA) is 50.2 Å². The minimum Gasteiger partial charge on any atom is -0.466 e. The summed E-state index contributed by atoms with van der Waals surface area (Å²) in [7, 11) is 0. The third-order valence-corrected chi connectivity index (χ3v) is 1.92. The highest BCUT2D eigenvalue weighted by molar-refractivity contribution is 5.98. The standard InChI is InChI=1S/C12H15NO2/c1-2-15-12(14)9-11(13)8-10-6-4-3-5-7-10/h3-7,13H,2,8-9H2,1H3. The number of carbonyl (C=O) groups is 1. The number of hydrogen-bond acceptors (Lipinski definition) is 3. The van der Waals surface area contributed by atoms with Crippen molar-refractivity contribution < 1.29 is 9.53 Å². The summed E-state index contributed by atoms with van der Waals surface area (Å²) in [4.78, 5) is 11.1. The van der Waals surface area contributed by atoms with Gasteiger partial charge >= 0.3 is 5.97 Å². The Kier molecular flexibility index (Phi) is 4.54. The van der Waals surface area contributed by atoms with Crippen LogP contribution in [0.5, 0.6) is 0 Å². The van der Waals surface area contributed by atoms with Crippen molar-refractivity contribution in [2.45, 2.75) is 19.8 Å². The number of rotatable bonds is 5. The molecule has 0 radical (unpaired) electrons. The van der Waals surface area contributed by atoms with Gasteiger partial charge in [0, 0.05) is 12.1 Å². The Hall–Kier alpha value is -1.64. The Labute approximate surface area is 89.6 Å². The summed E-state index contributed by atoms with van der Waals surface area (Å²) in [6.45, 7) is 2.14. The first-order chi connectivity index (χ1) is 7.22. The maximum Gasteiger partial charge on any atom is 0.311 e. The average molecular weight is 205 g/mol. The molecule has 1 aromatic rings. The second kappa shape index (κ2) is 5.96. The molecule has 3 heteroatoms. The molecule has 0 atom stereocenters. The van der Waals surface area contributed by atoms with Gasteiger partial charge in [0.1, 0.15) is 0 Å². The number of carbonyl (C=O) groups excluding carboxylic acids is 1. The first kappa shape index (κ1) is 11.4. The van der Waals surface area contributed by atoms with Crippen LogP contribution in [-0.2, 0) is 16.0 Å². The summed E-state index contributed by atoms with van der Waals surface area (Å²) in [5.41, 5.74) is 1.44. The molecule has 0 heterocycles. The zero-order valence-corrected chi connectivity index (χ0v) is 8.82. The lowest BCUT2D eigenvalue weighted by Crippen LogP contribution is -2.12. The summed E-state index contributed by atoms with van der Waals surface area (Å²) in [6.07, 6.45) is 0.600. The molecule has 0 saturated carbocycles. The van der Waals surface area contributed by atoms with Crippen molar-refractivity contribution in [1.82, 2.24) is 0 Å². The van der Waals surface area contributed by atoms with Crippen LogP contribution in [0.2, 0.25) is 0 Å². The average Bonchev–Trinajstić information content (AvgIpc) is 2.19. The normalized spacial score (nSPS) is 9.67. The van der Waals surface area contributed by atoms with Crippen molar-refractivity contribution in [3.05, 3.63) is 35.9 Å². The molecule has 0 saturated heterocycles. The molecule has 0 bridgehead atoms. The van der Waals surface area contributed by atoms with Crippen LogP contribution in [-0.4, -0.2) is 18.3 Å². The monoisotopic (exact) mass is 205 g/mol. The van der Waals surface area contributed by atoms with E-state index in [9.17, 15) is 4.79 Å². The Morgan fingerprint density at radius 2 is 2.00 bits per heavy atom. The van der Waals surface area contributed by atoms with Crippen LogP contribution in [0.25, 0.3) is 0 Å². The molecule has 0 aliphatic rings. The molecule has 80 valence electrons. The van der Waals surface area contributed by atoms with Crippen LogP contribution in [0.3, 0.4) is 0 Å². The smallest absolute Gasteiger partial charge is 0.311 e. The van der Waals surface area contributed by atoms with Gasteiger partial charge < -0.3 is 10.1 Å². The van der Waals surface area contributed by atoms with E-state index in [1.54, 1.807) is 6.92 Å². The number of hydrogen-bond donors (Lipinski definition) is 1. The molecule has 1 rings (SSSR count). The number of esters is 1. The second-order valence-electron chi connectivity index (χ2n) is 3.25. The Morgan fingerprint density at radius 3 is 2.60 bits per heavy atom. The molecular weight excluding hydrogens is 190 g/mol. The molecule has 15 heavy (non-hydrogen) atoms. The summed E-state index contributed by atoms with van der Waals surface area (Å²) >= 11 is 0. The fourth-order valence-corrected chi connectivity index (χ4v) is 1.29. The zero-order valence-electron chi connectivity index (χ0n) is 8.82. The van der Waals surface area contributed by atoms with E-state index in [1.807, 2.05) is 30.3 Å². The Bertz CT molecular complexity index is 333. The van der Waals surface area contributed by atoms with Crippen LogP contribution in [0.1, 0.15) is 18.9 Å². The highest BCUT2D eigenvalue weighted by Gasteiger charge is 2.06. The SMILES string of the molecule is CCOC(=O)CC(=N)Cc1ccccc1. The predicted molar refractivity (Wildman–Crippen MR) is 59.1 cm³/mol. The van der Waals surface area contributed by atoms with Gasteiger partial charge in [-0.05, 0) is 12.5 Å². The maximum atomic E-state index is 11.1. The van der Waals surface area contributed by atoms with Gasteiger partial charge in [0.05, 0.1) is 13.0 Å². The van der Waals surface area contributed by atoms with E-state index >= 15 is 0 Å². The second-order valence-corrected chi connectivity index (χ2v) is 3.25. The molecule has 0 aliphatic carbocycles. The lowest BCUT2D eigenvalue weighted by Gasteiger charge is -2.03. The third-order valence-electron chi connectivity index (χ3n) is 1.92. The summed E-state index contributed by atoms with van der Waals surface area (Å²) < 4.78 is 4.77. The van der Waals surface area contributed by atoms with Crippen LogP contribution in [0.4, 0.5) is 0 Å². The Morgan fingerprint density at radius 1 is 1.33 bits per heavy atom. The quantitative estimate of drug-likeness (QED) is 0.591. The van der Waals surface area contributed by atoms with Crippen LogP contribution in [0, 0.1) is 5.41 Å². The predicted octanol–water partition coefficient (Wildman–Crippen LogP) is 2.20. The highest BCUT2D eigenvalue weighted by Crippen LogP contribution is 2.02. The van der Waals surface area contributed by atoms with Gasteiger partial charge in [0.25, 0.3) is 0 Å².